The first kappa shape index (κ1) is 14.1. The lowest BCUT2D eigenvalue weighted by Crippen LogP contribution is -2.44. The molecule has 0 aliphatic carbocycles. The average Bonchev–Trinajstić information content (AvgIpc) is 2.37. The van der Waals surface area contributed by atoms with E-state index in [1.54, 1.807) is 6.92 Å². The number of methoxy groups -OCH3 is 1. The van der Waals surface area contributed by atoms with Crippen molar-refractivity contribution in [1.29, 1.82) is 0 Å². The number of carbonyl (C=O) groups excluding carboxylic acids is 2. The molecule has 1 amide bonds. The van der Waals surface area contributed by atoms with Crippen LogP contribution in [0.3, 0.4) is 0 Å². The summed E-state index contributed by atoms with van der Waals surface area (Å²) in [4.78, 5) is 22.9. The Balaban J connectivity index is 2.81. The second kappa shape index (κ2) is 6.11. The van der Waals surface area contributed by atoms with Crippen LogP contribution in [0.5, 0.6) is 0 Å². The van der Waals surface area contributed by atoms with Crippen molar-refractivity contribution in [1.82, 2.24) is 5.32 Å². The number of aliphatic hydroxyl groups excluding tert-OH is 1. The number of benzene rings is 1. The quantitative estimate of drug-likeness (QED) is 0.763. The molecule has 18 heavy (non-hydrogen) atoms. The molecule has 1 unspecified atom stereocenters. The highest BCUT2D eigenvalue weighted by Gasteiger charge is 2.21. The van der Waals surface area contributed by atoms with E-state index in [9.17, 15) is 14.0 Å². The third-order valence-electron chi connectivity index (χ3n) is 2.41. The molecule has 1 atom stereocenters. The number of nitrogens with one attached hydrogen (secondary N) is 1. The smallest absolute Gasteiger partial charge is 0.330 e. The number of aliphatic hydroxyl groups is 1. The van der Waals surface area contributed by atoms with Gasteiger partial charge in [-0.25, -0.2) is 9.18 Å². The standard InChI is InChI=1S/C12H14FNO4/c1-7-3-4-8(5-9(7)13)11(16)14-10(6-15)12(17)18-2/h3-5,10,15H,6H2,1-2H3,(H,14,16). The molecule has 0 aromatic heterocycles. The molecule has 1 rings (SSSR count). The highest BCUT2D eigenvalue weighted by molar-refractivity contribution is 5.96. The maximum absolute atomic E-state index is 13.3. The van der Waals surface area contributed by atoms with Gasteiger partial charge < -0.3 is 15.2 Å². The topological polar surface area (TPSA) is 75.6 Å². The molecule has 0 aliphatic rings. The van der Waals surface area contributed by atoms with E-state index in [1.165, 1.54) is 12.1 Å². The van der Waals surface area contributed by atoms with Crippen molar-refractivity contribution in [3.05, 3.63) is 35.1 Å². The van der Waals surface area contributed by atoms with Gasteiger partial charge in [0.1, 0.15) is 5.82 Å². The minimum Gasteiger partial charge on any atom is -0.467 e. The van der Waals surface area contributed by atoms with E-state index < -0.39 is 30.3 Å². The van der Waals surface area contributed by atoms with Crippen LogP contribution in [0.25, 0.3) is 0 Å². The van der Waals surface area contributed by atoms with Crippen LogP contribution in [-0.4, -0.2) is 36.7 Å². The first-order valence-electron chi connectivity index (χ1n) is 5.25. The molecule has 6 heteroatoms. The maximum atomic E-state index is 13.3. The Hall–Kier alpha value is -1.95. The molecule has 0 bridgehead atoms. The highest BCUT2D eigenvalue weighted by Crippen LogP contribution is 2.09. The zero-order valence-corrected chi connectivity index (χ0v) is 10.1. The number of halogens is 1. The van der Waals surface area contributed by atoms with Gasteiger partial charge in [0.15, 0.2) is 6.04 Å². The molecule has 5 nitrogen and oxygen atoms in total. The number of aryl methyl sites for hydroxylation is 1. The fraction of sp³-hybridized carbons (Fsp3) is 0.333. The van der Waals surface area contributed by atoms with Crippen LogP contribution >= 0.6 is 0 Å². The maximum Gasteiger partial charge on any atom is 0.330 e. The Morgan fingerprint density at radius 2 is 2.17 bits per heavy atom. The largest absolute Gasteiger partial charge is 0.467 e. The molecule has 0 saturated heterocycles. The number of amides is 1. The zero-order valence-electron chi connectivity index (χ0n) is 10.1. The Kier molecular flexibility index (Phi) is 4.79. The second-order valence-electron chi connectivity index (χ2n) is 3.70. The van der Waals surface area contributed by atoms with Crippen molar-refractivity contribution >= 4 is 11.9 Å². The normalized spacial score (nSPS) is 11.8. The Morgan fingerprint density at radius 3 is 2.67 bits per heavy atom. The van der Waals surface area contributed by atoms with Gasteiger partial charge in [0.25, 0.3) is 5.91 Å². The predicted octanol–water partition coefficient (Wildman–Crippen LogP) is 0.398. The fourth-order valence-electron chi connectivity index (χ4n) is 1.30. The molecular formula is C12H14FNO4. The van der Waals surface area contributed by atoms with Crippen molar-refractivity contribution < 1.29 is 23.8 Å². The van der Waals surface area contributed by atoms with Crippen molar-refractivity contribution in [2.45, 2.75) is 13.0 Å². The molecule has 0 spiro atoms. The number of ether oxygens (including phenoxy) is 1. The molecule has 0 heterocycles. The van der Waals surface area contributed by atoms with Gasteiger partial charge in [-0.15, -0.1) is 0 Å². The summed E-state index contributed by atoms with van der Waals surface area (Å²) in [7, 11) is 1.14. The lowest BCUT2D eigenvalue weighted by molar-refractivity contribution is -0.143. The Labute approximate surface area is 104 Å². The first-order chi connectivity index (χ1) is 8.49. The van der Waals surface area contributed by atoms with Crippen molar-refractivity contribution in [3.8, 4) is 0 Å². The minimum atomic E-state index is -1.16. The first-order valence-corrected chi connectivity index (χ1v) is 5.25. The molecule has 1 aromatic carbocycles. The zero-order chi connectivity index (χ0) is 13.7. The van der Waals surface area contributed by atoms with E-state index in [2.05, 4.69) is 10.1 Å². The van der Waals surface area contributed by atoms with Gasteiger partial charge >= 0.3 is 5.97 Å². The average molecular weight is 255 g/mol. The summed E-state index contributed by atoms with van der Waals surface area (Å²) in [6.45, 7) is 0.981. The van der Waals surface area contributed by atoms with E-state index >= 15 is 0 Å². The second-order valence-corrected chi connectivity index (χ2v) is 3.70. The summed E-state index contributed by atoms with van der Waals surface area (Å²) in [5.74, 6) is -1.93. The van der Waals surface area contributed by atoms with Crippen LogP contribution in [0.1, 0.15) is 15.9 Å². The monoisotopic (exact) mass is 255 g/mol. The SMILES string of the molecule is COC(=O)C(CO)NC(=O)c1ccc(C)c(F)c1. The van der Waals surface area contributed by atoms with Crippen LogP contribution in [-0.2, 0) is 9.53 Å². The number of hydrogen-bond donors (Lipinski definition) is 2. The molecule has 0 aliphatic heterocycles. The third kappa shape index (κ3) is 3.27. The number of esters is 1. The highest BCUT2D eigenvalue weighted by atomic mass is 19.1. The molecule has 1 aromatic rings. The van der Waals surface area contributed by atoms with Crippen molar-refractivity contribution in [2.75, 3.05) is 13.7 Å². The fourth-order valence-corrected chi connectivity index (χ4v) is 1.30. The summed E-state index contributed by atoms with van der Waals surface area (Å²) in [6.07, 6.45) is 0. The van der Waals surface area contributed by atoms with Gasteiger partial charge in [-0.1, -0.05) is 6.07 Å². The van der Waals surface area contributed by atoms with Crippen LogP contribution in [0.2, 0.25) is 0 Å². The Bertz CT molecular complexity index is 461. The summed E-state index contributed by atoms with van der Waals surface area (Å²) in [6, 6.07) is 2.79. The molecule has 0 saturated carbocycles. The summed E-state index contributed by atoms with van der Waals surface area (Å²) < 4.78 is 17.7. The summed E-state index contributed by atoms with van der Waals surface area (Å²) in [5, 5.41) is 11.2. The van der Waals surface area contributed by atoms with Gasteiger partial charge in [-0.2, -0.15) is 0 Å². The third-order valence-corrected chi connectivity index (χ3v) is 2.41. The van der Waals surface area contributed by atoms with Gasteiger partial charge in [0.05, 0.1) is 13.7 Å². The van der Waals surface area contributed by atoms with Gasteiger partial charge in [0, 0.05) is 5.56 Å². The van der Waals surface area contributed by atoms with E-state index in [1.807, 2.05) is 0 Å². The predicted molar refractivity (Wildman–Crippen MR) is 61.5 cm³/mol. The number of carbonyl (C=O) groups is 2. The van der Waals surface area contributed by atoms with Gasteiger partial charge in [0.2, 0.25) is 0 Å². The lowest BCUT2D eigenvalue weighted by Gasteiger charge is -2.13. The van der Waals surface area contributed by atoms with Crippen molar-refractivity contribution in [2.24, 2.45) is 0 Å². The van der Waals surface area contributed by atoms with Gasteiger partial charge in [-0.05, 0) is 24.6 Å². The van der Waals surface area contributed by atoms with Crippen LogP contribution in [0.4, 0.5) is 4.39 Å². The summed E-state index contributed by atoms with van der Waals surface area (Å²) in [5.41, 5.74) is 0.485. The molecular weight excluding hydrogens is 241 g/mol. The Morgan fingerprint density at radius 1 is 1.50 bits per heavy atom. The molecule has 0 fully saturated rings. The molecule has 0 radical (unpaired) electrons. The molecule has 98 valence electrons. The van der Waals surface area contributed by atoms with Crippen LogP contribution in [0, 0.1) is 12.7 Å². The molecule has 2 N–H and O–H groups in total. The minimum absolute atomic E-state index is 0.0699. The number of rotatable bonds is 4. The van der Waals surface area contributed by atoms with E-state index in [-0.39, 0.29) is 5.56 Å². The van der Waals surface area contributed by atoms with Crippen molar-refractivity contribution in [3.63, 3.8) is 0 Å². The van der Waals surface area contributed by atoms with Crippen LogP contribution < -0.4 is 5.32 Å². The van der Waals surface area contributed by atoms with Gasteiger partial charge in [-0.3, -0.25) is 4.79 Å². The lowest BCUT2D eigenvalue weighted by atomic mass is 10.1. The van der Waals surface area contributed by atoms with E-state index in [0.717, 1.165) is 13.2 Å². The van der Waals surface area contributed by atoms with E-state index in [4.69, 9.17) is 5.11 Å². The van der Waals surface area contributed by atoms with Crippen LogP contribution in [0.15, 0.2) is 18.2 Å². The van der Waals surface area contributed by atoms with E-state index in [0.29, 0.717) is 5.56 Å². The summed E-state index contributed by atoms with van der Waals surface area (Å²) >= 11 is 0. The number of hydrogen-bond acceptors (Lipinski definition) is 4.